The summed E-state index contributed by atoms with van der Waals surface area (Å²) in [5, 5.41) is 8.84. The summed E-state index contributed by atoms with van der Waals surface area (Å²) in [5.41, 5.74) is 0. The zero-order valence-corrected chi connectivity index (χ0v) is 11.6. The van der Waals surface area contributed by atoms with E-state index in [1.807, 2.05) is 6.92 Å². The molecular formula is C10H19NO4S2. The number of rotatable bonds is 6. The van der Waals surface area contributed by atoms with Gasteiger partial charge < -0.3 is 10.0 Å². The van der Waals surface area contributed by atoms with Crippen LogP contribution in [0.15, 0.2) is 0 Å². The van der Waals surface area contributed by atoms with E-state index in [9.17, 15) is 13.2 Å². The van der Waals surface area contributed by atoms with Gasteiger partial charge in [0.15, 0.2) is 9.84 Å². The molecule has 0 aromatic rings. The highest BCUT2D eigenvalue weighted by Gasteiger charge is 2.28. The molecule has 0 bridgehead atoms. The summed E-state index contributed by atoms with van der Waals surface area (Å²) in [6.45, 7) is 2.74. The minimum atomic E-state index is -2.87. The van der Waals surface area contributed by atoms with Crippen molar-refractivity contribution >= 4 is 27.5 Å². The lowest BCUT2D eigenvalue weighted by Gasteiger charge is -2.20. The number of carbonyl (C=O) groups is 1. The molecule has 1 fully saturated rings. The Morgan fingerprint density at radius 2 is 2.24 bits per heavy atom. The molecule has 1 rings (SSSR count). The van der Waals surface area contributed by atoms with Crippen LogP contribution in [0, 0.1) is 0 Å². The standard InChI is InChI=1S/C10H19NO4S2/c1-2-11(4-5-12)10(13)7-16-9-3-6-17(14,15)8-9/h9,12H,2-8H2,1H3. The summed E-state index contributed by atoms with van der Waals surface area (Å²) in [4.78, 5) is 13.3. The maximum absolute atomic E-state index is 11.7. The van der Waals surface area contributed by atoms with Crippen LogP contribution in [-0.4, -0.2) is 66.5 Å². The number of hydrogen-bond donors (Lipinski definition) is 1. The summed E-state index contributed by atoms with van der Waals surface area (Å²) in [5.74, 6) is 0.703. The molecule has 1 atom stereocenters. The quantitative estimate of drug-likeness (QED) is 0.726. The van der Waals surface area contributed by atoms with Crippen LogP contribution in [0.1, 0.15) is 13.3 Å². The first kappa shape index (κ1) is 14.8. The third-order valence-electron chi connectivity index (χ3n) is 2.74. The summed E-state index contributed by atoms with van der Waals surface area (Å²) < 4.78 is 22.5. The Morgan fingerprint density at radius 3 is 2.71 bits per heavy atom. The predicted molar refractivity (Wildman–Crippen MR) is 68.9 cm³/mol. The molecule has 1 N–H and O–H groups in total. The van der Waals surface area contributed by atoms with E-state index in [2.05, 4.69) is 0 Å². The normalized spacial score (nSPS) is 22.6. The van der Waals surface area contributed by atoms with Crippen LogP contribution in [0.25, 0.3) is 0 Å². The average Bonchev–Trinajstić information content (AvgIpc) is 2.62. The van der Waals surface area contributed by atoms with Gasteiger partial charge in [-0.05, 0) is 13.3 Å². The number of thioether (sulfide) groups is 1. The van der Waals surface area contributed by atoms with E-state index in [1.54, 1.807) is 4.90 Å². The van der Waals surface area contributed by atoms with E-state index in [1.165, 1.54) is 11.8 Å². The maximum atomic E-state index is 11.7. The van der Waals surface area contributed by atoms with Gasteiger partial charge in [0, 0.05) is 18.3 Å². The fourth-order valence-corrected chi connectivity index (χ4v) is 5.30. The molecule has 0 spiro atoms. The van der Waals surface area contributed by atoms with Crippen molar-refractivity contribution in [2.24, 2.45) is 0 Å². The molecule has 1 amide bonds. The number of sulfone groups is 1. The first-order valence-electron chi connectivity index (χ1n) is 5.69. The highest BCUT2D eigenvalue weighted by molar-refractivity contribution is 8.02. The van der Waals surface area contributed by atoms with Gasteiger partial charge in [-0.1, -0.05) is 0 Å². The van der Waals surface area contributed by atoms with E-state index in [4.69, 9.17) is 5.11 Å². The zero-order chi connectivity index (χ0) is 12.9. The van der Waals surface area contributed by atoms with Gasteiger partial charge in [-0.25, -0.2) is 8.42 Å². The fourth-order valence-electron chi connectivity index (χ4n) is 1.75. The number of likely N-dealkylation sites (N-methyl/N-ethyl adjacent to an activating group) is 1. The summed E-state index contributed by atoms with van der Waals surface area (Å²) >= 11 is 1.41. The van der Waals surface area contributed by atoms with Crippen LogP contribution >= 0.6 is 11.8 Å². The number of aliphatic hydroxyl groups is 1. The third kappa shape index (κ3) is 4.85. The number of carbonyl (C=O) groups excluding carboxylic acids is 1. The minimum absolute atomic E-state index is 0.0316. The molecule has 5 nitrogen and oxygen atoms in total. The molecule has 1 saturated heterocycles. The number of amides is 1. The van der Waals surface area contributed by atoms with Crippen LogP contribution in [0.5, 0.6) is 0 Å². The molecule has 0 saturated carbocycles. The minimum Gasteiger partial charge on any atom is -0.395 e. The average molecular weight is 281 g/mol. The molecule has 0 aliphatic carbocycles. The molecule has 0 aromatic heterocycles. The van der Waals surface area contributed by atoms with Crippen molar-refractivity contribution in [1.82, 2.24) is 4.90 Å². The van der Waals surface area contributed by atoms with E-state index in [0.29, 0.717) is 25.3 Å². The van der Waals surface area contributed by atoms with Gasteiger partial charge in [0.1, 0.15) is 0 Å². The molecular weight excluding hydrogens is 262 g/mol. The summed E-state index contributed by atoms with van der Waals surface area (Å²) in [6, 6.07) is 0. The Kier molecular flexibility index (Phi) is 5.75. The lowest BCUT2D eigenvalue weighted by molar-refractivity contribution is -0.128. The molecule has 1 aliphatic rings. The van der Waals surface area contributed by atoms with Gasteiger partial charge in [-0.15, -0.1) is 11.8 Å². The van der Waals surface area contributed by atoms with E-state index >= 15 is 0 Å². The van der Waals surface area contributed by atoms with Gasteiger partial charge >= 0.3 is 0 Å². The maximum Gasteiger partial charge on any atom is 0.232 e. The van der Waals surface area contributed by atoms with Gasteiger partial charge in [0.05, 0.1) is 23.9 Å². The molecule has 0 radical (unpaired) electrons. The second-order valence-corrected chi connectivity index (χ2v) is 7.55. The van der Waals surface area contributed by atoms with Crippen molar-refractivity contribution in [3.8, 4) is 0 Å². The van der Waals surface area contributed by atoms with E-state index in [-0.39, 0.29) is 29.3 Å². The van der Waals surface area contributed by atoms with Crippen molar-refractivity contribution in [2.75, 3.05) is 37.0 Å². The smallest absolute Gasteiger partial charge is 0.232 e. The van der Waals surface area contributed by atoms with Crippen molar-refractivity contribution in [2.45, 2.75) is 18.6 Å². The predicted octanol–water partition coefficient (Wildman–Crippen LogP) is -0.253. The second-order valence-electron chi connectivity index (χ2n) is 4.03. The van der Waals surface area contributed by atoms with Gasteiger partial charge in [0.25, 0.3) is 0 Å². The topological polar surface area (TPSA) is 74.7 Å². The molecule has 1 unspecified atom stereocenters. The summed E-state index contributed by atoms with van der Waals surface area (Å²) in [6.07, 6.45) is 0.645. The van der Waals surface area contributed by atoms with E-state index in [0.717, 1.165) is 0 Å². The first-order valence-corrected chi connectivity index (χ1v) is 8.56. The number of nitrogens with zero attached hydrogens (tertiary/aromatic N) is 1. The monoisotopic (exact) mass is 281 g/mol. The second kappa shape index (κ2) is 6.61. The Morgan fingerprint density at radius 1 is 1.53 bits per heavy atom. The van der Waals surface area contributed by atoms with Crippen molar-refractivity contribution in [3.63, 3.8) is 0 Å². The fraction of sp³-hybridized carbons (Fsp3) is 0.900. The number of hydrogen-bond acceptors (Lipinski definition) is 5. The highest BCUT2D eigenvalue weighted by Crippen LogP contribution is 2.24. The van der Waals surface area contributed by atoms with Gasteiger partial charge in [0.2, 0.25) is 5.91 Å². The Balaban J connectivity index is 2.33. The van der Waals surface area contributed by atoms with Crippen molar-refractivity contribution in [1.29, 1.82) is 0 Å². The molecule has 7 heteroatoms. The van der Waals surface area contributed by atoms with Crippen LogP contribution in [0.3, 0.4) is 0 Å². The SMILES string of the molecule is CCN(CCO)C(=O)CSC1CCS(=O)(=O)C1. The van der Waals surface area contributed by atoms with Gasteiger partial charge in [-0.2, -0.15) is 0 Å². The Bertz CT molecular complexity index is 355. The summed E-state index contributed by atoms with van der Waals surface area (Å²) in [7, 11) is -2.87. The van der Waals surface area contributed by atoms with Crippen LogP contribution in [-0.2, 0) is 14.6 Å². The Labute approximate surface area is 106 Å². The number of aliphatic hydroxyl groups excluding tert-OH is 1. The third-order valence-corrected chi connectivity index (χ3v) is 6.00. The lowest BCUT2D eigenvalue weighted by atomic mass is 10.4. The van der Waals surface area contributed by atoms with Crippen LogP contribution < -0.4 is 0 Å². The molecule has 100 valence electrons. The molecule has 0 aromatic carbocycles. The zero-order valence-electron chi connectivity index (χ0n) is 9.96. The molecule has 1 aliphatic heterocycles. The van der Waals surface area contributed by atoms with Crippen molar-refractivity contribution in [3.05, 3.63) is 0 Å². The first-order chi connectivity index (χ1) is 7.98. The molecule has 17 heavy (non-hydrogen) atoms. The van der Waals surface area contributed by atoms with Gasteiger partial charge in [-0.3, -0.25) is 4.79 Å². The van der Waals surface area contributed by atoms with Crippen LogP contribution in [0.4, 0.5) is 0 Å². The highest BCUT2D eigenvalue weighted by atomic mass is 32.2. The van der Waals surface area contributed by atoms with Crippen LogP contribution in [0.2, 0.25) is 0 Å². The molecule has 1 heterocycles. The van der Waals surface area contributed by atoms with E-state index < -0.39 is 9.84 Å². The largest absolute Gasteiger partial charge is 0.395 e. The lowest BCUT2D eigenvalue weighted by Crippen LogP contribution is -2.35. The Hall–Kier alpha value is -0.270. The van der Waals surface area contributed by atoms with Crippen molar-refractivity contribution < 1.29 is 18.3 Å².